The number of nitrogens with one attached hydrogen (secondary N) is 1. The van der Waals surface area contributed by atoms with Crippen molar-refractivity contribution in [3.05, 3.63) is 28.7 Å². The number of benzene rings is 1. The summed E-state index contributed by atoms with van der Waals surface area (Å²) in [4.78, 5) is 11.8. The van der Waals surface area contributed by atoms with Crippen LogP contribution in [0.5, 0.6) is 0 Å². The van der Waals surface area contributed by atoms with E-state index in [2.05, 4.69) is 20.7 Å². The highest BCUT2D eigenvalue weighted by Crippen LogP contribution is 2.35. The summed E-state index contributed by atoms with van der Waals surface area (Å²) in [5.41, 5.74) is -1.41. The van der Waals surface area contributed by atoms with Gasteiger partial charge in [-0.2, -0.15) is 4.72 Å². The molecule has 0 saturated heterocycles. The van der Waals surface area contributed by atoms with Gasteiger partial charge in [0.15, 0.2) is 0 Å². The minimum absolute atomic E-state index is 0.0732. The van der Waals surface area contributed by atoms with E-state index in [0.29, 0.717) is 19.3 Å². The predicted octanol–water partition coefficient (Wildman–Crippen LogP) is 2.76. The number of carbonyl (C=O) groups is 1. The molecule has 0 amide bonds. The van der Waals surface area contributed by atoms with E-state index in [1.54, 1.807) is 19.1 Å². The van der Waals surface area contributed by atoms with Crippen LogP contribution < -0.4 is 4.72 Å². The molecule has 1 aliphatic carbocycles. The van der Waals surface area contributed by atoms with Gasteiger partial charge < -0.3 is 5.11 Å². The van der Waals surface area contributed by atoms with Gasteiger partial charge in [-0.1, -0.05) is 35.7 Å². The highest BCUT2D eigenvalue weighted by atomic mass is 79.9. The Balaban J connectivity index is 2.36. The molecule has 1 fully saturated rings. The molecule has 1 aliphatic rings. The van der Waals surface area contributed by atoms with Crippen LogP contribution in [0.4, 0.5) is 0 Å². The van der Waals surface area contributed by atoms with Crippen LogP contribution in [0.1, 0.15) is 32.6 Å². The Hall–Kier alpha value is -0.920. The second-order valence-corrected chi connectivity index (χ2v) is 8.08. The maximum Gasteiger partial charge on any atom is 0.325 e. The van der Waals surface area contributed by atoms with E-state index >= 15 is 0 Å². The van der Waals surface area contributed by atoms with Crippen LogP contribution in [0, 0.1) is 5.92 Å². The van der Waals surface area contributed by atoms with Crippen molar-refractivity contribution in [2.45, 2.75) is 43.0 Å². The number of carboxylic acids is 1. The molecule has 2 rings (SSSR count). The quantitative estimate of drug-likeness (QED) is 0.847. The van der Waals surface area contributed by atoms with Crippen molar-refractivity contribution in [3.63, 3.8) is 0 Å². The van der Waals surface area contributed by atoms with Crippen LogP contribution in [0.15, 0.2) is 33.6 Å². The van der Waals surface area contributed by atoms with Gasteiger partial charge in [0, 0.05) is 4.47 Å². The van der Waals surface area contributed by atoms with Gasteiger partial charge >= 0.3 is 5.97 Å². The van der Waals surface area contributed by atoms with Crippen molar-refractivity contribution in [2.75, 3.05) is 0 Å². The van der Waals surface area contributed by atoms with Crippen LogP contribution in [0.2, 0.25) is 0 Å². The Morgan fingerprint density at radius 3 is 2.48 bits per heavy atom. The molecule has 1 saturated carbocycles. The predicted molar refractivity (Wildman–Crippen MR) is 82.5 cm³/mol. The molecule has 5 nitrogen and oxygen atoms in total. The number of aliphatic carboxylic acids is 1. The SMILES string of the molecule is CC1CCCCC1(NS(=O)(=O)c1ccc(Br)cc1)C(=O)O. The van der Waals surface area contributed by atoms with E-state index in [1.165, 1.54) is 12.1 Å². The fraction of sp³-hybridized carbons (Fsp3) is 0.500. The van der Waals surface area contributed by atoms with Crippen molar-refractivity contribution in [1.29, 1.82) is 0 Å². The Bertz CT molecular complexity index is 629. The topological polar surface area (TPSA) is 83.5 Å². The summed E-state index contributed by atoms with van der Waals surface area (Å²) in [6.07, 6.45) is 2.66. The van der Waals surface area contributed by atoms with Gasteiger partial charge in [0.05, 0.1) is 4.90 Å². The van der Waals surface area contributed by atoms with Crippen LogP contribution in [0.25, 0.3) is 0 Å². The first kappa shape index (κ1) is 16.5. The number of hydrogen-bond donors (Lipinski definition) is 2. The standard InChI is InChI=1S/C14H18BrNO4S/c1-10-4-2-3-9-14(10,13(17)18)16-21(19,20)12-7-5-11(15)6-8-12/h5-8,10,16H,2-4,9H2,1H3,(H,17,18). The van der Waals surface area contributed by atoms with E-state index in [0.717, 1.165) is 10.9 Å². The summed E-state index contributed by atoms with van der Waals surface area (Å²) in [7, 11) is -3.86. The maximum atomic E-state index is 12.5. The monoisotopic (exact) mass is 375 g/mol. The summed E-state index contributed by atoms with van der Waals surface area (Å²) in [5.74, 6) is -1.34. The molecule has 2 N–H and O–H groups in total. The Labute approximate surface area is 132 Å². The van der Waals surface area contributed by atoms with E-state index in [4.69, 9.17) is 0 Å². The minimum Gasteiger partial charge on any atom is -0.480 e. The first-order valence-corrected chi connectivity index (χ1v) is 9.08. The number of sulfonamides is 1. The summed E-state index contributed by atoms with van der Waals surface area (Å²) in [6, 6.07) is 6.14. The third kappa shape index (κ3) is 3.30. The molecule has 0 bridgehead atoms. The van der Waals surface area contributed by atoms with Crippen LogP contribution in [-0.4, -0.2) is 25.0 Å². The van der Waals surface area contributed by atoms with Gasteiger partial charge in [0.25, 0.3) is 0 Å². The van der Waals surface area contributed by atoms with Crippen molar-refractivity contribution >= 4 is 31.9 Å². The summed E-state index contributed by atoms with van der Waals surface area (Å²) in [6.45, 7) is 1.79. The third-order valence-corrected chi connectivity index (χ3v) is 6.18. The van der Waals surface area contributed by atoms with Crippen molar-refractivity contribution in [1.82, 2.24) is 4.72 Å². The smallest absolute Gasteiger partial charge is 0.325 e. The van der Waals surface area contributed by atoms with E-state index < -0.39 is 21.5 Å². The second-order valence-electron chi connectivity index (χ2n) is 5.48. The molecular weight excluding hydrogens is 358 g/mol. The molecule has 0 aromatic heterocycles. The molecule has 0 spiro atoms. The Kier molecular flexibility index (Phi) is 4.75. The lowest BCUT2D eigenvalue weighted by atomic mass is 9.74. The molecular formula is C14H18BrNO4S. The maximum absolute atomic E-state index is 12.5. The molecule has 0 radical (unpaired) electrons. The fourth-order valence-electron chi connectivity index (χ4n) is 2.77. The molecule has 21 heavy (non-hydrogen) atoms. The molecule has 2 atom stereocenters. The van der Waals surface area contributed by atoms with Gasteiger partial charge in [-0.25, -0.2) is 8.42 Å². The average Bonchev–Trinajstić information content (AvgIpc) is 2.41. The number of rotatable bonds is 4. The lowest BCUT2D eigenvalue weighted by Gasteiger charge is -2.39. The van der Waals surface area contributed by atoms with Crippen molar-refractivity contribution in [2.24, 2.45) is 5.92 Å². The van der Waals surface area contributed by atoms with Gasteiger partial charge in [-0.05, 0) is 43.0 Å². The lowest BCUT2D eigenvalue weighted by molar-refractivity contribution is -0.147. The zero-order chi connectivity index (χ0) is 15.7. The Morgan fingerprint density at radius 1 is 1.33 bits per heavy atom. The van der Waals surface area contributed by atoms with Crippen LogP contribution >= 0.6 is 15.9 Å². The lowest BCUT2D eigenvalue weighted by Crippen LogP contribution is -2.59. The van der Waals surface area contributed by atoms with Gasteiger partial charge in [-0.3, -0.25) is 4.79 Å². The highest BCUT2D eigenvalue weighted by molar-refractivity contribution is 9.10. The van der Waals surface area contributed by atoms with Gasteiger partial charge in [0.2, 0.25) is 10.0 Å². The van der Waals surface area contributed by atoms with Crippen molar-refractivity contribution in [3.8, 4) is 0 Å². The van der Waals surface area contributed by atoms with Crippen molar-refractivity contribution < 1.29 is 18.3 Å². The largest absolute Gasteiger partial charge is 0.480 e. The first-order valence-electron chi connectivity index (χ1n) is 6.81. The molecule has 7 heteroatoms. The van der Waals surface area contributed by atoms with E-state index in [9.17, 15) is 18.3 Å². The molecule has 0 aliphatic heterocycles. The second kappa shape index (κ2) is 6.06. The number of hydrogen-bond acceptors (Lipinski definition) is 3. The zero-order valence-corrected chi connectivity index (χ0v) is 14.1. The Morgan fingerprint density at radius 2 is 1.95 bits per heavy atom. The van der Waals surface area contributed by atoms with E-state index in [1.807, 2.05) is 0 Å². The summed E-state index contributed by atoms with van der Waals surface area (Å²) >= 11 is 3.24. The van der Waals surface area contributed by atoms with Crippen LogP contribution in [-0.2, 0) is 14.8 Å². The molecule has 2 unspecified atom stereocenters. The first-order chi connectivity index (χ1) is 9.78. The summed E-state index contributed by atoms with van der Waals surface area (Å²) in [5, 5.41) is 9.58. The third-order valence-electron chi connectivity index (χ3n) is 4.12. The van der Waals surface area contributed by atoms with Gasteiger partial charge in [0.1, 0.15) is 5.54 Å². The normalized spacial score (nSPS) is 26.5. The highest BCUT2D eigenvalue weighted by Gasteiger charge is 2.48. The number of halogens is 1. The molecule has 0 heterocycles. The average molecular weight is 376 g/mol. The zero-order valence-electron chi connectivity index (χ0n) is 11.7. The summed E-state index contributed by atoms with van der Waals surface area (Å²) < 4.78 is 28.2. The fourth-order valence-corrected chi connectivity index (χ4v) is 4.52. The number of carboxylic acid groups (broad SMARTS) is 1. The molecule has 1 aromatic carbocycles. The van der Waals surface area contributed by atoms with E-state index in [-0.39, 0.29) is 10.8 Å². The van der Waals surface area contributed by atoms with Crippen LogP contribution in [0.3, 0.4) is 0 Å². The minimum atomic E-state index is -3.86. The molecule has 1 aromatic rings. The van der Waals surface area contributed by atoms with Gasteiger partial charge in [-0.15, -0.1) is 0 Å². The molecule has 116 valence electrons.